The predicted octanol–water partition coefficient (Wildman–Crippen LogP) is 1.27. The Labute approximate surface area is 79.3 Å². The van der Waals surface area contributed by atoms with Gasteiger partial charge in [-0.15, -0.1) is 24.2 Å². The quantitative estimate of drug-likeness (QED) is 0.661. The highest BCUT2D eigenvalue weighted by Crippen LogP contribution is 2.17. The summed E-state index contributed by atoms with van der Waals surface area (Å²) >= 11 is 1.82. The van der Waals surface area contributed by atoms with Crippen molar-refractivity contribution >= 4 is 24.2 Å². The second kappa shape index (κ2) is 4.55. The number of nitrogens with one attached hydrogen (secondary N) is 2. The lowest BCUT2D eigenvalue weighted by molar-refractivity contribution is 0.257. The lowest BCUT2D eigenvalue weighted by Gasteiger charge is -2.35. The van der Waals surface area contributed by atoms with E-state index in [2.05, 4.69) is 30.7 Å². The topological polar surface area (TPSA) is 24.1 Å². The fourth-order valence-electron chi connectivity index (χ4n) is 1.04. The van der Waals surface area contributed by atoms with E-state index in [1.807, 2.05) is 11.8 Å². The first-order valence-electron chi connectivity index (χ1n) is 3.64. The average Bonchev–Trinajstić information content (AvgIpc) is 1.88. The number of hydrogen-bond donors (Lipinski definition) is 2. The van der Waals surface area contributed by atoms with Gasteiger partial charge in [-0.2, -0.15) is 0 Å². The maximum Gasteiger partial charge on any atom is 0.105 e. The number of halogens is 1. The van der Waals surface area contributed by atoms with Crippen LogP contribution in [0.5, 0.6) is 0 Å². The maximum absolute atomic E-state index is 3.41. The van der Waals surface area contributed by atoms with E-state index in [1.54, 1.807) is 0 Å². The first-order valence-corrected chi connectivity index (χ1v) is 4.92. The van der Waals surface area contributed by atoms with Crippen molar-refractivity contribution in [2.24, 2.45) is 5.41 Å². The zero-order chi connectivity index (χ0) is 7.61. The van der Waals surface area contributed by atoms with Gasteiger partial charge in [0.1, 0.15) is 5.50 Å². The van der Waals surface area contributed by atoms with Gasteiger partial charge in [-0.25, -0.2) is 0 Å². The summed E-state index contributed by atoms with van der Waals surface area (Å²) in [7, 11) is 0. The van der Waals surface area contributed by atoms with Gasteiger partial charge in [-0.05, 0) is 11.7 Å². The molecule has 0 aromatic heterocycles. The summed E-state index contributed by atoms with van der Waals surface area (Å²) in [6.45, 7) is 6.77. The van der Waals surface area contributed by atoms with Crippen molar-refractivity contribution in [3.05, 3.63) is 0 Å². The van der Waals surface area contributed by atoms with Crippen LogP contribution < -0.4 is 10.6 Å². The van der Waals surface area contributed by atoms with E-state index in [-0.39, 0.29) is 12.4 Å². The van der Waals surface area contributed by atoms with E-state index in [4.69, 9.17) is 0 Å². The zero-order valence-corrected chi connectivity index (χ0v) is 8.94. The maximum atomic E-state index is 3.41. The number of thioether (sulfide) groups is 1. The lowest BCUT2D eigenvalue weighted by Crippen LogP contribution is -2.54. The first-order chi connectivity index (χ1) is 4.64. The summed E-state index contributed by atoms with van der Waals surface area (Å²) < 4.78 is 0. The molecule has 1 aliphatic heterocycles. The second-order valence-corrected chi connectivity index (χ2v) is 4.48. The Hall–Kier alpha value is 0.560. The van der Waals surface area contributed by atoms with E-state index in [0.717, 1.165) is 13.1 Å². The van der Waals surface area contributed by atoms with Crippen LogP contribution in [0.15, 0.2) is 0 Å². The average molecular weight is 197 g/mol. The molecule has 0 unspecified atom stereocenters. The summed E-state index contributed by atoms with van der Waals surface area (Å²) in [6, 6.07) is 0. The zero-order valence-electron chi connectivity index (χ0n) is 7.31. The van der Waals surface area contributed by atoms with Crippen molar-refractivity contribution in [2.45, 2.75) is 19.3 Å². The third-order valence-corrected chi connectivity index (χ3v) is 2.57. The minimum Gasteiger partial charge on any atom is -0.293 e. The molecule has 0 atom stereocenters. The smallest absolute Gasteiger partial charge is 0.105 e. The Morgan fingerprint density at radius 1 is 1.27 bits per heavy atom. The van der Waals surface area contributed by atoms with Crippen LogP contribution in [-0.4, -0.2) is 24.8 Å². The van der Waals surface area contributed by atoms with Gasteiger partial charge < -0.3 is 0 Å². The van der Waals surface area contributed by atoms with Crippen LogP contribution in [0.1, 0.15) is 13.8 Å². The van der Waals surface area contributed by atoms with Gasteiger partial charge in [0.05, 0.1) is 0 Å². The number of hydrogen-bond acceptors (Lipinski definition) is 3. The minimum atomic E-state index is 0. The van der Waals surface area contributed by atoms with E-state index >= 15 is 0 Å². The normalized spacial score (nSPS) is 24.3. The van der Waals surface area contributed by atoms with E-state index < -0.39 is 0 Å². The van der Waals surface area contributed by atoms with Crippen molar-refractivity contribution < 1.29 is 0 Å². The largest absolute Gasteiger partial charge is 0.293 e. The van der Waals surface area contributed by atoms with Gasteiger partial charge in [-0.3, -0.25) is 10.6 Å². The van der Waals surface area contributed by atoms with Gasteiger partial charge in [0, 0.05) is 13.1 Å². The fraction of sp³-hybridized carbons (Fsp3) is 1.00. The SMILES string of the molecule is CSC1NCC(C)(C)CN1.Cl. The molecule has 1 rings (SSSR count). The van der Waals surface area contributed by atoms with E-state index in [0.29, 0.717) is 10.9 Å². The molecular weight excluding hydrogens is 180 g/mol. The second-order valence-electron chi connectivity index (χ2n) is 3.54. The standard InChI is InChI=1S/C7H16N2S.ClH/c1-7(2)4-8-6(10-3)9-5-7;/h6,8-9H,4-5H2,1-3H3;1H. The Bertz CT molecular complexity index is 109. The predicted molar refractivity (Wildman–Crippen MR) is 54.3 cm³/mol. The van der Waals surface area contributed by atoms with Crippen LogP contribution in [0.3, 0.4) is 0 Å². The molecule has 1 saturated heterocycles. The summed E-state index contributed by atoms with van der Waals surface area (Å²) in [5.74, 6) is 0. The molecule has 1 heterocycles. The molecular formula is C7H17ClN2S. The highest BCUT2D eigenvalue weighted by atomic mass is 35.5. The molecule has 2 nitrogen and oxygen atoms in total. The molecule has 0 radical (unpaired) electrons. The summed E-state index contributed by atoms with van der Waals surface area (Å²) in [4.78, 5) is 0. The van der Waals surface area contributed by atoms with Crippen LogP contribution in [0.25, 0.3) is 0 Å². The van der Waals surface area contributed by atoms with Crippen molar-refractivity contribution in [2.75, 3.05) is 19.3 Å². The Kier molecular flexibility index (Phi) is 4.78. The van der Waals surface area contributed by atoms with Crippen LogP contribution in [0.2, 0.25) is 0 Å². The fourth-order valence-corrected chi connectivity index (χ4v) is 1.54. The molecule has 0 saturated carbocycles. The van der Waals surface area contributed by atoms with Gasteiger partial charge in [0.2, 0.25) is 0 Å². The molecule has 11 heavy (non-hydrogen) atoms. The highest BCUT2D eigenvalue weighted by Gasteiger charge is 2.24. The van der Waals surface area contributed by atoms with Crippen molar-refractivity contribution in [3.8, 4) is 0 Å². The summed E-state index contributed by atoms with van der Waals surface area (Å²) in [5, 5.41) is 6.82. The molecule has 1 fully saturated rings. The first kappa shape index (κ1) is 11.6. The minimum absolute atomic E-state index is 0. The molecule has 0 aliphatic carbocycles. The molecule has 0 spiro atoms. The molecule has 0 bridgehead atoms. The monoisotopic (exact) mass is 196 g/mol. The van der Waals surface area contributed by atoms with E-state index in [9.17, 15) is 0 Å². The number of rotatable bonds is 1. The molecule has 2 N–H and O–H groups in total. The molecule has 0 aromatic carbocycles. The summed E-state index contributed by atoms with van der Waals surface area (Å²) in [5.41, 5.74) is 0.889. The van der Waals surface area contributed by atoms with Gasteiger partial charge in [0.15, 0.2) is 0 Å². The van der Waals surface area contributed by atoms with Crippen molar-refractivity contribution in [1.82, 2.24) is 10.6 Å². The van der Waals surface area contributed by atoms with Crippen LogP contribution in [0, 0.1) is 5.41 Å². The lowest BCUT2D eigenvalue weighted by atomic mass is 9.92. The Balaban J connectivity index is 0.000001000. The molecule has 4 heteroatoms. The van der Waals surface area contributed by atoms with Gasteiger partial charge in [0.25, 0.3) is 0 Å². The van der Waals surface area contributed by atoms with Crippen LogP contribution in [-0.2, 0) is 0 Å². The summed E-state index contributed by atoms with van der Waals surface area (Å²) in [6.07, 6.45) is 2.11. The highest BCUT2D eigenvalue weighted by molar-refractivity contribution is 7.99. The van der Waals surface area contributed by atoms with Crippen molar-refractivity contribution in [3.63, 3.8) is 0 Å². The molecule has 0 amide bonds. The Morgan fingerprint density at radius 2 is 1.73 bits per heavy atom. The van der Waals surface area contributed by atoms with E-state index in [1.165, 1.54) is 0 Å². The Morgan fingerprint density at radius 3 is 2.09 bits per heavy atom. The third kappa shape index (κ3) is 3.65. The molecule has 68 valence electrons. The molecule has 1 aliphatic rings. The van der Waals surface area contributed by atoms with Crippen LogP contribution >= 0.6 is 24.2 Å². The van der Waals surface area contributed by atoms with Crippen molar-refractivity contribution in [1.29, 1.82) is 0 Å². The van der Waals surface area contributed by atoms with Gasteiger partial charge in [-0.1, -0.05) is 13.8 Å². The van der Waals surface area contributed by atoms with Gasteiger partial charge >= 0.3 is 0 Å². The van der Waals surface area contributed by atoms with Crippen LogP contribution in [0.4, 0.5) is 0 Å². The third-order valence-electron chi connectivity index (χ3n) is 1.77. The molecule has 0 aromatic rings.